The second-order valence-electron chi connectivity index (χ2n) is 9.68. The quantitative estimate of drug-likeness (QED) is 0.161. The lowest BCUT2D eigenvalue weighted by molar-refractivity contribution is -0.137. The molecule has 0 radical (unpaired) electrons. The highest BCUT2D eigenvalue weighted by atomic mass is 35.5. The summed E-state index contributed by atoms with van der Waals surface area (Å²) in [4.78, 5) is 22.8. The van der Waals surface area contributed by atoms with Gasteiger partial charge in [-0.2, -0.15) is 5.10 Å². The summed E-state index contributed by atoms with van der Waals surface area (Å²) in [5, 5.41) is 17.0. The standard InChI is InChI=1S/C29H32ClN3O6S2/c1-39-24-11-7-10-23-29(24)22(19-41(37,38)28-15-14-25(30)40-28)32-33(23)18-21-9-6-8-20(16-21)17-31-26(34)12-4-2-3-5-13-27(35)36/h6-11,14-16H,2-5,12-13,17-19H2,1H3,(H,31,34)(H,35,36). The topological polar surface area (TPSA) is 128 Å². The third kappa shape index (κ3) is 8.31. The molecule has 41 heavy (non-hydrogen) atoms. The van der Waals surface area contributed by atoms with Gasteiger partial charge in [0.2, 0.25) is 5.91 Å². The summed E-state index contributed by atoms with van der Waals surface area (Å²) in [6, 6.07) is 16.4. The van der Waals surface area contributed by atoms with Gasteiger partial charge < -0.3 is 15.2 Å². The first-order chi connectivity index (χ1) is 19.7. The number of methoxy groups -OCH3 is 1. The fraction of sp³-hybridized carbons (Fsp3) is 0.345. The fourth-order valence-corrected chi connectivity index (χ4v) is 7.44. The Hall–Kier alpha value is -3.41. The van der Waals surface area contributed by atoms with E-state index in [0.29, 0.717) is 47.1 Å². The molecule has 0 aliphatic heterocycles. The summed E-state index contributed by atoms with van der Waals surface area (Å²) >= 11 is 7.00. The summed E-state index contributed by atoms with van der Waals surface area (Å²) in [6.45, 7) is 0.777. The van der Waals surface area contributed by atoms with Gasteiger partial charge in [-0.1, -0.05) is 54.8 Å². The van der Waals surface area contributed by atoms with E-state index >= 15 is 0 Å². The van der Waals surface area contributed by atoms with Crippen molar-refractivity contribution < 1.29 is 27.9 Å². The number of amides is 1. The molecule has 0 fully saturated rings. The van der Waals surface area contributed by atoms with Crippen LogP contribution in [0.2, 0.25) is 4.34 Å². The number of carboxylic acids is 1. The van der Waals surface area contributed by atoms with Crippen molar-refractivity contribution in [3.05, 3.63) is 75.8 Å². The van der Waals surface area contributed by atoms with Crippen LogP contribution < -0.4 is 10.1 Å². The van der Waals surface area contributed by atoms with Crippen molar-refractivity contribution in [2.75, 3.05) is 7.11 Å². The number of carbonyl (C=O) groups is 2. The number of aliphatic carboxylic acids is 1. The number of aromatic nitrogens is 2. The van der Waals surface area contributed by atoms with Gasteiger partial charge in [-0.3, -0.25) is 14.3 Å². The number of carbonyl (C=O) groups excluding carboxylic acids is 1. The molecule has 0 aliphatic rings. The van der Waals surface area contributed by atoms with Crippen molar-refractivity contribution in [2.45, 2.75) is 61.6 Å². The molecule has 2 heterocycles. The van der Waals surface area contributed by atoms with E-state index in [1.54, 1.807) is 23.9 Å². The van der Waals surface area contributed by atoms with Crippen LogP contribution in [0.5, 0.6) is 5.75 Å². The molecule has 0 unspecified atom stereocenters. The van der Waals surface area contributed by atoms with Crippen LogP contribution in [0.15, 0.2) is 58.8 Å². The number of nitrogens with one attached hydrogen (secondary N) is 1. The molecule has 1 amide bonds. The third-order valence-corrected chi connectivity index (χ3v) is 10.0. The van der Waals surface area contributed by atoms with Crippen LogP contribution in [0, 0.1) is 0 Å². The van der Waals surface area contributed by atoms with Gasteiger partial charge in [0.15, 0.2) is 9.84 Å². The van der Waals surface area contributed by atoms with Gasteiger partial charge in [0, 0.05) is 19.4 Å². The first-order valence-corrected chi connectivity index (χ1v) is 16.1. The predicted octanol–water partition coefficient (Wildman–Crippen LogP) is 5.82. The van der Waals surface area contributed by atoms with Crippen LogP contribution >= 0.6 is 22.9 Å². The third-order valence-electron chi connectivity index (χ3n) is 6.57. The number of thiophene rings is 1. The Bertz CT molecular complexity index is 1630. The normalized spacial score (nSPS) is 11.6. The average Bonchev–Trinajstić information content (AvgIpc) is 3.53. The zero-order valence-corrected chi connectivity index (χ0v) is 25.0. The van der Waals surface area contributed by atoms with Crippen molar-refractivity contribution >= 4 is 55.6 Å². The molecule has 4 rings (SSSR count). The average molecular weight is 618 g/mol. The zero-order chi connectivity index (χ0) is 29.4. The van der Waals surface area contributed by atoms with Crippen molar-refractivity contribution in [1.29, 1.82) is 0 Å². The maximum Gasteiger partial charge on any atom is 0.303 e. The van der Waals surface area contributed by atoms with E-state index in [1.807, 2.05) is 36.4 Å². The first kappa shape index (κ1) is 30.5. The number of hydrogen-bond acceptors (Lipinski definition) is 7. The lowest BCUT2D eigenvalue weighted by Crippen LogP contribution is -2.22. The van der Waals surface area contributed by atoms with Gasteiger partial charge in [-0.05, 0) is 48.2 Å². The lowest BCUT2D eigenvalue weighted by Gasteiger charge is -2.09. The summed E-state index contributed by atoms with van der Waals surface area (Å²) < 4.78 is 34.2. The van der Waals surface area contributed by atoms with Crippen molar-refractivity contribution in [3.63, 3.8) is 0 Å². The Morgan fingerprint density at radius 1 is 1.02 bits per heavy atom. The largest absolute Gasteiger partial charge is 0.496 e. The number of rotatable bonds is 15. The number of benzene rings is 2. The van der Waals surface area contributed by atoms with Gasteiger partial charge in [0.25, 0.3) is 0 Å². The van der Waals surface area contributed by atoms with E-state index in [2.05, 4.69) is 5.32 Å². The zero-order valence-electron chi connectivity index (χ0n) is 22.6. The molecule has 0 spiro atoms. The van der Waals surface area contributed by atoms with Crippen molar-refractivity contribution in [2.24, 2.45) is 0 Å². The summed E-state index contributed by atoms with van der Waals surface area (Å²) in [5.74, 6) is -0.587. The minimum atomic E-state index is -3.67. The van der Waals surface area contributed by atoms with Crippen LogP contribution in [0.4, 0.5) is 0 Å². The molecule has 2 aromatic carbocycles. The first-order valence-electron chi connectivity index (χ1n) is 13.2. The minimum absolute atomic E-state index is 0.0447. The Morgan fingerprint density at radius 3 is 2.46 bits per heavy atom. The summed E-state index contributed by atoms with van der Waals surface area (Å²) in [6.07, 6.45) is 3.53. The number of nitrogens with zero attached hydrogens (tertiary/aromatic N) is 2. The molecule has 0 saturated heterocycles. The molecule has 9 nitrogen and oxygen atoms in total. The second kappa shape index (κ2) is 14.0. The van der Waals surface area contributed by atoms with Crippen molar-refractivity contribution in [1.82, 2.24) is 15.1 Å². The number of ether oxygens (including phenoxy) is 1. The Balaban J connectivity index is 1.44. The van der Waals surface area contributed by atoms with Gasteiger partial charge in [0.05, 0.1) is 34.6 Å². The molecule has 0 aliphatic carbocycles. The molecular formula is C29H32ClN3O6S2. The number of halogens is 1. The van der Waals surface area contributed by atoms with E-state index in [-0.39, 0.29) is 22.3 Å². The van der Waals surface area contributed by atoms with Crippen LogP contribution in [-0.2, 0) is 38.3 Å². The fourth-order valence-electron chi connectivity index (χ4n) is 4.60. The SMILES string of the molecule is COc1cccc2c1c(CS(=O)(=O)c1ccc(Cl)s1)nn2Cc1cccc(CNC(=O)CCCCCCC(=O)O)c1. The highest BCUT2D eigenvalue weighted by Gasteiger charge is 2.24. The highest BCUT2D eigenvalue weighted by molar-refractivity contribution is 7.92. The molecule has 2 N–H and O–H groups in total. The molecule has 12 heteroatoms. The van der Waals surface area contributed by atoms with E-state index < -0.39 is 15.8 Å². The Labute approximate surface area is 248 Å². The van der Waals surface area contributed by atoms with E-state index in [1.165, 1.54) is 6.07 Å². The summed E-state index contributed by atoms with van der Waals surface area (Å²) in [5.41, 5.74) is 3.03. The number of fused-ring (bicyclic) bond motifs is 1. The van der Waals surface area contributed by atoms with Gasteiger partial charge in [-0.25, -0.2) is 8.42 Å². The molecule has 0 atom stereocenters. The smallest absolute Gasteiger partial charge is 0.303 e. The van der Waals surface area contributed by atoms with Gasteiger partial charge >= 0.3 is 5.97 Å². The van der Waals surface area contributed by atoms with Crippen LogP contribution in [0.1, 0.15) is 55.3 Å². The number of sulfone groups is 1. The van der Waals surface area contributed by atoms with Gasteiger partial charge in [-0.15, -0.1) is 11.3 Å². The Kier molecular flexibility index (Phi) is 10.4. The second-order valence-corrected chi connectivity index (χ2v) is 13.6. The summed E-state index contributed by atoms with van der Waals surface area (Å²) in [7, 11) is -2.12. The number of unbranched alkanes of at least 4 members (excludes halogenated alkanes) is 3. The minimum Gasteiger partial charge on any atom is -0.496 e. The highest BCUT2D eigenvalue weighted by Crippen LogP contribution is 2.33. The van der Waals surface area contributed by atoms with Crippen LogP contribution in [-0.4, -0.2) is 42.3 Å². The van der Waals surface area contributed by atoms with Crippen LogP contribution in [0.3, 0.4) is 0 Å². The molecule has 218 valence electrons. The lowest BCUT2D eigenvalue weighted by atomic mass is 10.1. The number of hydrogen-bond donors (Lipinski definition) is 2. The van der Waals surface area contributed by atoms with E-state index in [9.17, 15) is 18.0 Å². The molecule has 0 saturated carbocycles. The molecular weight excluding hydrogens is 586 g/mol. The molecule has 0 bridgehead atoms. The monoisotopic (exact) mass is 617 g/mol. The van der Waals surface area contributed by atoms with Crippen LogP contribution in [0.25, 0.3) is 10.9 Å². The number of carboxylic acid groups (broad SMARTS) is 1. The van der Waals surface area contributed by atoms with Gasteiger partial charge in [0.1, 0.15) is 15.7 Å². The van der Waals surface area contributed by atoms with E-state index in [4.69, 9.17) is 26.5 Å². The van der Waals surface area contributed by atoms with E-state index in [0.717, 1.165) is 47.2 Å². The maximum absolute atomic E-state index is 13.1. The van der Waals surface area contributed by atoms with Crippen molar-refractivity contribution in [3.8, 4) is 5.75 Å². The predicted molar refractivity (Wildman–Crippen MR) is 159 cm³/mol. The molecule has 4 aromatic rings. The molecule has 2 aromatic heterocycles. The Morgan fingerprint density at radius 2 is 1.76 bits per heavy atom. The maximum atomic E-state index is 13.1.